The molecule has 1 N–H and O–H groups in total. The number of morpholine rings is 1. The van der Waals surface area contributed by atoms with Gasteiger partial charge in [0.25, 0.3) is 5.91 Å². The number of benzene rings is 2. The van der Waals surface area contributed by atoms with Gasteiger partial charge in [0, 0.05) is 12.6 Å². The zero-order valence-electron chi connectivity index (χ0n) is 16.0. The van der Waals surface area contributed by atoms with Crippen molar-refractivity contribution in [3.63, 3.8) is 0 Å². The van der Waals surface area contributed by atoms with Gasteiger partial charge in [-0.25, -0.2) is 9.48 Å². The van der Waals surface area contributed by atoms with Crippen molar-refractivity contribution in [3.05, 3.63) is 83.7 Å². The van der Waals surface area contributed by atoms with E-state index < -0.39 is 11.6 Å². The molecule has 0 bridgehead atoms. The fourth-order valence-corrected chi connectivity index (χ4v) is 3.57. The van der Waals surface area contributed by atoms with E-state index in [9.17, 15) is 14.7 Å². The number of ether oxygens (including phenoxy) is 1. The number of hydrogen-bond acceptors (Lipinski definition) is 4. The Morgan fingerprint density at radius 3 is 2.38 bits per heavy atom. The second kappa shape index (κ2) is 7.52. The lowest BCUT2D eigenvalue weighted by Gasteiger charge is -2.40. The average molecular weight is 391 g/mol. The van der Waals surface area contributed by atoms with Gasteiger partial charge in [0.15, 0.2) is 5.69 Å². The highest BCUT2D eigenvalue weighted by molar-refractivity contribution is 5.96. The van der Waals surface area contributed by atoms with Crippen molar-refractivity contribution < 1.29 is 19.4 Å². The molecule has 4 rings (SSSR count). The molecular formula is C22H21N3O4. The molecule has 2 heterocycles. The first-order valence-electron chi connectivity index (χ1n) is 9.35. The Morgan fingerprint density at radius 1 is 1.07 bits per heavy atom. The lowest BCUT2D eigenvalue weighted by atomic mass is 9.93. The molecule has 0 saturated carbocycles. The van der Waals surface area contributed by atoms with E-state index in [1.807, 2.05) is 55.5 Å². The zero-order valence-corrected chi connectivity index (χ0v) is 16.0. The van der Waals surface area contributed by atoms with Crippen LogP contribution < -0.4 is 0 Å². The van der Waals surface area contributed by atoms with Crippen molar-refractivity contribution in [1.82, 2.24) is 14.7 Å². The Hall–Kier alpha value is -3.45. The quantitative estimate of drug-likeness (QED) is 0.739. The summed E-state index contributed by atoms with van der Waals surface area (Å²) >= 11 is 0. The number of aromatic nitrogens is 2. The Balaban J connectivity index is 1.68. The van der Waals surface area contributed by atoms with Gasteiger partial charge in [-0.2, -0.15) is 5.10 Å². The van der Waals surface area contributed by atoms with Gasteiger partial charge in [-0.1, -0.05) is 48.5 Å². The second-order valence-corrected chi connectivity index (χ2v) is 7.14. The fourth-order valence-electron chi connectivity index (χ4n) is 3.57. The Morgan fingerprint density at radius 2 is 1.72 bits per heavy atom. The van der Waals surface area contributed by atoms with E-state index in [0.717, 1.165) is 5.56 Å². The van der Waals surface area contributed by atoms with E-state index >= 15 is 0 Å². The van der Waals surface area contributed by atoms with Gasteiger partial charge >= 0.3 is 5.97 Å². The molecule has 7 nitrogen and oxygen atoms in total. The van der Waals surface area contributed by atoms with Crippen LogP contribution in [0.5, 0.6) is 0 Å². The highest BCUT2D eigenvalue weighted by Crippen LogP contribution is 2.30. The molecule has 0 radical (unpaired) electrons. The van der Waals surface area contributed by atoms with Crippen LogP contribution in [0, 0.1) is 0 Å². The monoisotopic (exact) mass is 391 g/mol. The largest absolute Gasteiger partial charge is 0.476 e. The minimum atomic E-state index is -1.18. The SMILES string of the molecule is CC1(c2ccccc2)CN(C(=O)c2cc(C(=O)O)nn2-c2ccccc2)CCO1. The smallest absolute Gasteiger partial charge is 0.356 e. The minimum Gasteiger partial charge on any atom is -0.476 e. The number of rotatable bonds is 4. The van der Waals surface area contributed by atoms with Crippen LogP contribution in [-0.2, 0) is 10.3 Å². The van der Waals surface area contributed by atoms with Crippen molar-refractivity contribution >= 4 is 11.9 Å². The number of carbonyl (C=O) groups excluding carboxylic acids is 1. The third-order valence-corrected chi connectivity index (χ3v) is 5.09. The summed E-state index contributed by atoms with van der Waals surface area (Å²) in [6.45, 7) is 3.13. The molecule has 1 atom stereocenters. The molecule has 1 saturated heterocycles. The van der Waals surface area contributed by atoms with E-state index in [-0.39, 0.29) is 17.3 Å². The van der Waals surface area contributed by atoms with Crippen LogP contribution in [0.15, 0.2) is 66.7 Å². The molecule has 0 spiro atoms. The van der Waals surface area contributed by atoms with Crippen molar-refractivity contribution in [2.75, 3.05) is 19.7 Å². The molecule has 1 fully saturated rings. The second-order valence-electron chi connectivity index (χ2n) is 7.14. The predicted molar refractivity (Wildman–Crippen MR) is 106 cm³/mol. The Kier molecular flexibility index (Phi) is 4.90. The Bertz CT molecular complexity index is 1030. The number of amides is 1. The van der Waals surface area contributed by atoms with Crippen molar-refractivity contribution in [2.45, 2.75) is 12.5 Å². The first-order chi connectivity index (χ1) is 14.0. The number of aromatic carboxylic acids is 1. The molecule has 1 aliphatic rings. The molecule has 29 heavy (non-hydrogen) atoms. The molecule has 0 aliphatic carbocycles. The van der Waals surface area contributed by atoms with Gasteiger partial charge in [0.2, 0.25) is 0 Å². The van der Waals surface area contributed by atoms with Crippen LogP contribution in [0.3, 0.4) is 0 Å². The highest BCUT2D eigenvalue weighted by atomic mass is 16.5. The van der Waals surface area contributed by atoms with Gasteiger partial charge in [0.1, 0.15) is 11.3 Å². The molecule has 7 heteroatoms. The molecule has 1 unspecified atom stereocenters. The minimum absolute atomic E-state index is 0.170. The summed E-state index contributed by atoms with van der Waals surface area (Å²) < 4.78 is 7.41. The molecule has 148 valence electrons. The van der Waals surface area contributed by atoms with Crippen LogP contribution in [0.4, 0.5) is 0 Å². The van der Waals surface area contributed by atoms with E-state index in [4.69, 9.17) is 4.74 Å². The summed E-state index contributed by atoms with van der Waals surface area (Å²) in [5.74, 6) is -1.45. The van der Waals surface area contributed by atoms with Gasteiger partial charge in [0.05, 0.1) is 18.8 Å². The summed E-state index contributed by atoms with van der Waals surface area (Å²) in [6.07, 6.45) is 0. The number of para-hydroxylation sites is 1. The molecular weight excluding hydrogens is 370 g/mol. The summed E-state index contributed by atoms with van der Waals surface area (Å²) in [4.78, 5) is 26.5. The standard InChI is InChI=1S/C22H21N3O4/c1-22(16-8-4-2-5-9-16)15-24(12-13-29-22)20(26)19-14-18(21(27)28)23-25(19)17-10-6-3-7-11-17/h2-11,14H,12-13,15H2,1H3,(H,27,28). The maximum Gasteiger partial charge on any atom is 0.356 e. The van der Waals surface area contributed by atoms with Gasteiger partial charge in [-0.15, -0.1) is 0 Å². The predicted octanol–water partition coefficient (Wildman–Crippen LogP) is 2.96. The van der Waals surface area contributed by atoms with Crippen molar-refractivity contribution in [1.29, 1.82) is 0 Å². The third kappa shape index (κ3) is 3.64. The topological polar surface area (TPSA) is 84.7 Å². The first-order valence-corrected chi connectivity index (χ1v) is 9.35. The molecule has 1 aromatic heterocycles. The van der Waals surface area contributed by atoms with E-state index in [0.29, 0.717) is 25.4 Å². The van der Waals surface area contributed by atoms with E-state index in [2.05, 4.69) is 5.10 Å². The van der Waals surface area contributed by atoms with Crippen LogP contribution in [0.2, 0.25) is 0 Å². The maximum absolute atomic E-state index is 13.4. The highest BCUT2D eigenvalue weighted by Gasteiger charge is 2.37. The summed E-state index contributed by atoms with van der Waals surface area (Å²) in [6, 6.07) is 20.1. The number of hydrogen-bond donors (Lipinski definition) is 1. The lowest BCUT2D eigenvalue weighted by Crippen LogP contribution is -2.50. The summed E-state index contributed by atoms with van der Waals surface area (Å²) in [5, 5.41) is 13.5. The maximum atomic E-state index is 13.4. The van der Waals surface area contributed by atoms with Crippen LogP contribution in [0.25, 0.3) is 5.69 Å². The zero-order chi connectivity index (χ0) is 20.4. The average Bonchev–Trinajstić information content (AvgIpc) is 3.20. The number of carbonyl (C=O) groups is 2. The van der Waals surface area contributed by atoms with Gasteiger partial charge < -0.3 is 14.7 Å². The van der Waals surface area contributed by atoms with Gasteiger partial charge in [-0.05, 0) is 24.6 Å². The normalized spacial score (nSPS) is 19.1. The summed E-state index contributed by atoms with van der Waals surface area (Å²) in [7, 11) is 0. The van der Waals surface area contributed by atoms with Crippen LogP contribution in [-0.4, -0.2) is 51.4 Å². The molecule has 1 amide bonds. The number of carboxylic acids is 1. The van der Waals surface area contributed by atoms with E-state index in [1.165, 1.54) is 10.7 Å². The summed E-state index contributed by atoms with van der Waals surface area (Å²) in [5.41, 5.74) is 1.02. The van der Waals surface area contributed by atoms with Crippen LogP contribution in [0.1, 0.15) is 33.5 Å². The third-order valence-electron chi connectivity index (χ3n) is 5.09. The molecule has 3 aromatic rings. The van der Waals surface area contributed by atoms with Gasteiger partial charge in [-0.3, -0.25) is 4.79 Å². The van der Waals surface area contributed by atoms with Crippen molar-refractivity contribution in [3.8, 4) is 5.69 Å². The molecule has 1 aliphatic heterocycles. The Labute approximate surface area is 168 Å². The van der Waals surface area contributed by atoms with E-state index in [1.54, 1.807) is 17.0 Å². The first kappa shape index (κ1) is 18.9. The lowest BCUT2D eigenvalue weighted by molar-refractivity contribution is -0.0932. The fraction of sp³-hybridized carbons (Fsp3) is 0.227. The van der Waals surface area contributed by atoms with Crippen molar-refractivity contribution in [2.24, 2.45) is 0 Å². The number of nitrogens with zero attached hydrogens (tertiary/aromatic N) is 3. The van der Waals surface area contributed by atoms with Crippen LogP contribution >= 0.6 is 0 Å². The number of carboxylic acid groups (broad SMARTS) is 1. The molecule has 2 aromatic carbocycles.